The molecule has 158 valence electrons. The number of thioether (sulfide) groups is 1. The molecular weight excluding hydrogens is 412 g/mol. The molecule has 4 aromatic rings. The van der Waals surface area contributed by atoms with E-state index in [2.05, 4.69) is 25.6 Å². The normalized spacial score (nSPS) is 10.8. The van der Waals surface area contributed by atoms with Crippen LogP contribution in [0.4, 0.5) is 5.82 Å². The van der Waals surface area contributed by atoms with Gasteiger partial charge >= 0.3 is 0 Å². The van der Waals surface area contributed by atoms with Gasteiger partial charge in [0, 0.05) is 6.07 Å². The molecule has 0 radical (unpaired) electrons. The van der Waals surface area contributed by atoms with E-state index in [0.717, 1.165) is 22.7 Å². The maximum absolute atomic E-state index is 12.5. The van der Waals surface area contributed by atoms with E-state index in [1.54, 1.807) is 4.68 Å². The largest absolute Gasteiger partial charge is 0.485 e. The van der Waals surface area contributed by atoms with Gasteiger partial charge in [-0.25, -0.2) is 9.67 Å². The van der Waals surface area contributed by atoms with Crippen LogP contribution in [0.3, 0.4) is 0 Å². The van der Waals surface area contributed by atoms with Crippen LogP contribution in [0, 0.1) is 13.8 Å². The number of aromatic amines is 1. The van der Waals surface area contributed by atoms with Gasteiger partial charge in [0.25, 0.3) is 0 Å². The Hall–Kier alpha value is -3.59. The van der Waals surface area contributed by atoms with Gasteiger partial charge in [0.1, 0.15) is 18.2 Å². The Morgan fingerprint density at radius 1 is 1.13 bits per heavy atom. The molecule has 2 heterocycles. The molecule has 0 aliphatic heterocycles. The summed E-state index contributed by atoms with van der Waals surface area (Å²) < 4.78 is 7.48. The number of hydrogen-bond acceptors (Lipinski definition) is 6. The van der Waals surface area contributed by atoms with E-state index in [-0.39, 0.29) is 18.3 Å². The third kappa shape index (κ3) is 5.32. The predicted octanol–water partition coefficient (Wildman–Crippen LogP) is 3.92. The molecule has 0 fully saturated rings. The Bertz CT molecular complexity index is 1170. The maximum Gasteiger partial charge on any atom is 0.236 e. The fourth-order valence-electron chi connectivity index (χ4n) is 2.93. The highest BCUT2D eigenvalue weighted by atomic mass is 32.2. The van der Waals surface area contributed by atoms with Gasteiger partial charge in [0.05, 0.1) is 17.1 Å². The molecule has 8 nitrogen and oxygen atoms in total. The van der Waals surface area contributed by atoms with Crippen LogP contribution in [0.25, 0.3) is 5.69 Å². The van der Waals surface area contributed by atoms with Crippen molar-refractivity contribution < 1.29 is 9.53 Å². The summed E-state index contributed by atoms with van der Waals surface area (Å²) >= 11 is 1.25. The molecule has 1 amide bonds. The van der Waals surface area contributed by atoms with Crippen LogP contribution in [-0.2, 0) is 11.4 Å². The van der Waals surface area contributed by atoms with Crippen LogP contribution in [0.5, 0.6) is 5.75 Å². The number of ether oxygens (including phenoxy) is 1. The minimum absolute atomic E-state index is 0.162. The SMILES string of the molecule is Cc1cc(NC(=O)CSc2n[nH]c(COc3ccccc3C)n2)n(-c2ccccc2)n1. The number of aryl methyl sites for hydroxylation is 2. The summed E-state index contributed by atoms with van der Waals surface area (Å²) in [7, 11) is 0. The van der Waals surface area contributed by atoms with Crippen LogP contribution >= 0.6 is 11.8 Å². The van der Waals surface area contributed by atoms with Crippen LogP contribution in [0.2, 0.25) is 0 Å². The quantitative estimate of drug-likeness (QED) is 0.408. The fourth-order valence-corrected chi connectivity index (χ4v) is 3.55. The van der Waals surface area contributed by atoms with Gasteiger partial charge in [-0.05, 0) is 37.6 Å². The van der Waals surface area contributed by atoms with E-state index in [0.29, 0.717) is 16.8 Å². The van der Waals surface area contributed by atoms with E-state index in [9.17, 15) is 4.79 Å². The summed E-state index contributed by atoms with van der Waals surface area (Å²) in [4.78, 5) is 16.8. The monoisotopic (exact) mass is 434 g/mol. The molecule has 2 aromatic heterocycles. The fraction of sp³-hybridized carbons (Fsp3) is 0.182. The molecule has 0 spiro atoms. The molecule has 31 heavy (non-hydrogen) atoms. The molecule has 9 heteroatoms. The van der Waals surface area contributed by atoms with Crippen molar-refractivity contribution in [1.82, 2.24) is 25.0 Å². The smallest absolute Gasteiger partial charge is 0.236 e. The maximum atomic E-state index is 12.5. The van der Waals surface area contributed by atoms with Crippen LogP contribution in [0.15, 0.2) is 65.8 Å². The topological polar surface area (TPSA) is 97.7 Å². The van der Waals surface area contributed by atoms with Crippen molar-refractivity contribution in [2.75, 3.05) is 11.1 Å². The summed E-state index contributed by atoms with van der Waals surface area (Å²) in [5, 5.41) is 14.9. The number of carbonyl (C=O) groups excluding carboxylic acids is 1. The lowest BCUT2D eigenvalue weighted by Crippen LogP contribution is -2.17. The number of hydrogen-bond donors (Lipinski definition) is 2. The third-order valence-electron chi connectivity index (χ3n) is 4.40. The van der Waals surface area contributed by atoms with Gasteiger partial charge in [-0.1, -0.05) is 48.2 Å². The first kappa shape index (κ1) is 20.7. The van der Waals surface area contributed by atoms with Crippen molar-refractivity contribution in [2.24, 2.45) is 0 Å². The van der Waals surface area contributed by atoms with Crippen molar-refractivity contribution in [3.8, 4) is 11.4 Å². The Kier molecular flexibility index (Phi) is 6.32. The molecule has 0 atom stereocenters. The number of benzene rings is 2. The number of aromatic nitrogens is 5. The number of rotatable bonds is 8. The van der Waals surface area contributed by atoms with E-state index < -0.39 is 0 Å². The summed E-state index contributed by atoms with van der Waals surface area (Å²) in [6.45, 7) is 4.15. The lowest BCUT2D eigenvalue weighted by atomic mass is 10.2. The summed E-state index contributed by atoms with van der Waals surface area (Å²) in [5.74, 6) is 2.04. The number of nitrogens with one attached hydrogen (secondary N) is 2. The zero-order valence-electron chi connectivity index (χ0n) is 17.2. The average molecular weight is 435 g/mol. The summed E-state index contributed by atoms with van der Waals surface area (Å²) in [6.07, 6.45) is 0. The van der Waals surface area contributed by atoms with Gasteiger partial charge < -0.3 is 10.1 Å². The molecular formula is C22H22N6O2S. The van der Waals surface area contributed by atoms with Crippen LogP contribution in [0.1, 0.15) is 17.1 Å². The minimum Gasteiger partial charge on any atom is -0.485 e. The molecule has 0 aliphatic carbocycles. The molecule has 2 aromatic carbocycles. The van der Waals surface area contributed by atoms with Gasteiger partial charge in [-0.15, -0.1) is 5.10 Å². The first-order chi connectivity index (χ1) is 15.1. The van der Waals surface area contributed by atoms with Crippen LogP contribution < -0.4 is 10.1 Å². The van der Waals surface area contributed by atoms with Crippen molar-refractivity contribution in [2.45, 2.75) is 25.6 Å². The van der Waals surface area contributed by atoms with Crippen molar-refractivity contribution in [3.63, 3.8) is 0 Å². The molecule has 0 unspecified atom stereocenters. The number of anilines is 1. The van der Waals surface area contributed by atoms with Crippen molar-refractivity contribution in [1.29, 1.82) is 0 Å². The van der Waals surface area contributed by atoms with Crippen molar-refractivity contribution >= 4 is 23.5 Å². The first-order valence-electron chi connectivity index (χ1n) is 9.73. The zero-order chi connectivity index (χ0) is 21.6. The van der Waals surface area contributed by atoms with Crippen molar-refractivity contribution in [3.05, 3.63) is 77.7 Å². The number of amides is 1. The number of carbonyl (C=O) groups is 1. The summed E-state index contributed by atoms with van der Waals surface area (Å²) in [6, 6.07) is 19.3. The van der Waals surface area contributed by atoms with Gasteiger partial charge in [-0.2, -0.15) is 5.10 Å². The standard InChI is InChI=1S/C22H22N6O2S/c1-15-8-6-7-11-18(15)30-13-19-23-22(26-25-19)31-14-21(29)24-20-12-16(2)27-28(20)17-9-4-3-5-10-17/h3-12H,13-14H2,1-2H3,(H,24,29)(H,23,25,26). The van der Waals surface area contributed by atoms with E-state index >= 15 is 0 Å². The second-order valence-electron chi connectivity index (χ2n) is 6.87. The lowest BCUT2D eigenvalue weighted by molar-refractivity contribution is -0.113. The molecule has 4 rings (SSSR count). The second-order valence-corrected chi connectivity index (χ2v) is 7.82. The Labute approximate surface area is 184 Å². The molecule has 0 bridgehead atoms. The highest BCUT2D eigenvalue weighted by molar-refractivity contribution is 7.99. The van der Waals surface area contributed by atoms with Crippen LogP contribution in [-0.4, -0.2) is 36.6 Å². The lowest BCUT2D eigenvalue weighted by Gasteiger charge is -2.08. The Morgan fingerprint density at radius 2 is 1.90 bits per heavy atom. The number of para-hydroxylation sites is 2. The third-order valence-corrected chi connectivity index (χ3v) is 5.25. The zero-order valence-corrected chi connectivity index (χ0v) is 18.0. The summed E-state index contributed by atoms with van der Waals surface area (Å²) in [5.41, 5.74) is 2.75. The molecule has 0 saturated heterocycles. The minimum atomic E-state index is -0.162. The van der Waals surface area contributed by atoms with Gasteiger partial charge in [0.2, 0.25) is 11.1 Å². The van der Waals surface area contributed by atoms with E-state index in [1.165, 1.54) is 11.8 Å². The van der Waals surface area contributed by atoms with Gasteiger partial charge in [-0.3, -0.25) is 9.89 Å². The molecule has 0 saturated carbocycles. The second kappa shape index (κ2) is 9.48. The Balaban J connectivity index is 1.32. The van der Waals surface area contributed by atoms with E-state index in [1.807, 2.05) is 74.5 Å². The average Bonchev–Trinajstić information content (AvgIpc) is 3.38. The molecule has 0 aliphatic rings. The predicted molar refractivity (Wildman–Crippen MR) is 120 cm³/mol. The number of nitrogens with zero attached hydrogens (tertiary/aromatic N) is 4. The Morgan fingerprint density at radius 3 is 2.71 bits per heavy atom. The van der Waals surface area contributed by atoms with E-state index in [4.69, 9.17) is 4.74 Å². The first-order valence-corrected chi connectivity index (χ1v) is 10.7. The molecule has 2 N–H and O–H groups in total. The highest BCUT2D eigenvalue weighted by Crippen LogP contribution is 2.20. The number of H-pyrrole nitrogens is 1. The highest BCUT2D eigenvalue weighted by Gasteiger charge is 2.13. The van der Waals surface area contributed by atoms with Gasteiger partial charge in [0.15, 0.2) is 5.82 Å².